The monoisotopic (exact) mass is 230 g/mol. The van der Waals surface area contributed by atoms with E-state index in [4.69, 9.17) is 4.74 Å². The van der Waals surface area contributed by atoms with Crippen molar-refractivity contribution in [2.45, 2.75) is 13.8 Å². The van der Waals surface area contributed by atoms with Crippen molar-refractivity contribution in [3.8, 4) is 11.4 Å². The number of hydrogen-bond donors (Lipinski definition) is 1. The summed E-state index contributed by atoms with van der Waals surface area (Å²) in [5.74, 6) is 0.298. The molecule has 2 aromatic rings. The second-order valence-corrected chi connectivity index (χ2v) is 3.73. The first-order valence-corrected chi connectivity index (χ1v) is 5.50. The van der Waals surface area contributed by atoms with Gasteiger partial charge in [0.1, 0.15) is 11.5 Å². The third-order valence-electron chi connectivity index (χ3n) is 2.40. The standard InChI is InChI=1S/C13H14N2O2/c1-3-17-13(16)11-8-14-12(15-11)10-6-4-9(2)5-7-10/h4-8H,3H2,1-2H3,(H,14,15). The van der Waals surface area contributed by atoms with Gasteiger partial charge < -0.3 is 9.72 Å². The summed E-state index contributed by atoms with van der Waals surface area (Å²) in [4.78, 5) is 18.6. The molecule has 0 bridgehead atoms. The Morgan fingerprint density at radius 3 is 2.71 bits per heavy atom. The van der Waals surface area contributed by atoms with Gasteiger partial charge in [0.25, 0.3) is 0 Å². The molecule has 0 atom stereocenters. The second-order valence-electron chi connectivity index (χ2n) is 3.73. The molecule has 0 aliphatic heterocycles. The maximum Gasteiger partial charge on any atom is 0.356 e. The minimum Gasteiger partial charge on any atom is -0.461 e. The molecule has 2 rings (SSSR count). The Balaban J connectivity index is 2.23. The van der Waals surface area contributed by atoms with Gasteiger partial charge in [-0.15, -0.1) is 0 Å². The number of aromatic nitrogens is 2. The van der Waals surface area contributed by atoms with Crippen LogP contribution in [-0.4, -0.2) is 22.5 Å². The van der Waals surface area contributed by atoms with Gasteiger partial charge in [0.2, 0.25) is 0 Å². The van der Waals surface area contributed by atoms with Gasteiger partial charge in [-0.05, 0) is 13.8 Å². The van der Waals surface area contributed by atoms with Crippen molar-refractivity contribution in [3.05, 3.63) is 41.7 Å². The number of aryl methyl sites for hydroxylation is 1. The topological polar surface area (TPSA) is 55.0 Å². The summed E-state index contributed by atoms with van der Waals surface area (Å²) >= 11 is 0. The van der Waals surface area contributed by atoms with Gasteiger partial charge in [-0.3, -0.25) is 0 Å². The van der Waals surface area contributed by atoms with E-state index < -0.39 is 0 Å². The minimum absolute atomic E-state index is 0.359. The van der Waals surface area contributed by atoms with Crippen molar-refractivity contribution in [1.29, 1.82) is 0 Å². The van der Waals surface area contributed by atoms with Crippen molar-refractivity contribution in [2.75, 3.05) is 6.61 Å². The predicted molar refractivity (Wildman–Crippen MR) is 64.7 cm³/mol. The van der Waals surface area contributed by atoms with Gasteiger partial charge in [-0.1, -0.05) is 29.8 Å². The lowest BCUT2D eigenvalue weighted by atomic mass is 10.1. The molecule has 1 heterocycles. The van der Waals surface area contributed by atoms with Crippen LogP contribution in [0.4, 0.5) is 0 Å². The van der Waals surface area contributed by atoms with Crippen LogP contribution in [0.5, 0.6) is 0 Å². The largest absolute Gasteiger partial charge is 0.461 e. The average molecular weight is 230 g/mol. The van der Waals surface area contributed by atoms with Crippen molar-refractivity contribution >= 4 is 5.97 Å². The van der Waals surface area contributed by atoms with Crippen molar-refractivity contribution in [1.82, 2.24) is 9.97 Å². The molecule has 4 heteroatoms. The maximum atomic E-state index is 11.4. The third kappa shape index (κ3) is 2.53. The Morgan fingerprint density at radius 1 is 1.35 bits per heavy atom. The summed E-state index contributed by atoms with van der Waals surface area (Å²) in [5, 5.41) is 0. The predicted octanol–water partition coefficient (Wildman–Crippen LogP) is 2.56. The molecule has 4 nitrogen and oxygen atoms in total. The highest BCUT2D eigenvalue weighted by Gasteiger charge is 2.10. The van der Waals surface area contributed by atoms with Crippen LogP contribution in [0, 0.1) is 6.92 Å². The van der Waals surface area contributed by atoms with E-state index in [-0.39, 0.29) is 5.97 Å². The summed E-state index contributed by atoms with van der Waals surface area (Å²) < 4.78 is 4.89. The number of ether oxygens (including phenoxy) is 1. The molecular formula is C13H14N2O2. The van der Waals surface area contributed by atoms with E-state index in [1.54, 1.807) is 6.92 Å². The first-order valence-electron chi connectivity index (χ1n) is 5.50. The average Bonchev–Trinajstić information content (AvgIpc) is 2.80. The minimum atomic E-state index is -0.377. The van der Waals surface area contributed by atoms with E-state index in [0.29, 0.717) is 18.1 Å². The molecule has 0 aliphatic carbocycles. The summed E-state index contributed by atoms with van der Waals surface area (Å²) in [6.45, 7) is 4.16. The van der Waals surface area contributed by atoms with Crippen LogP contribution < -0.4 is 0 Å². The number of benzene rings is 1. The SMILES string of the molecule is CCOC(=O)c1cnc(-c2ccc(C)cc2)[nH]1. The van der Waals surface area contributed by atoms with Crippen molar-refractivity contribution < 1.29 is 9.53 Å². The summed E-state index contributed by atoms with van der Waals surface area (Å²) in [6, 6.07) is 7.93. The van der Waals surface area contributed by atoms with E-state index in [0.717, 1.165) is 5.56 Å². The number of carbonyl (C=O) groups excluding carboxylic acids is 1. The highest BCUT2D eigenvalue weighted by atomic mass is 16.5. The molecule has 0 unspecified atom stereocenters. The van der Waals surface area contributed by atoms with Gasteiger partial charge >= 0.3 is 5.97 Å². The smallest absolute Gasteiger partial charge is 0.356 e. The number of esters is 1. The molecule has 17 heavy (non-hydrogen) atoms. The number of nitrogens with one attached hydrogen (secondary N) is 1. The Bertz CT molecular complexity index is 514. The van der Waals surface area contributed by atoms with Crippen molar-refractivity contribution in [2.24, 2.45) is 0 Å². The number of nitrogens with zero attached hydrogens (tertiary/aromatic N) is 1. The molecule has 1 aromatic heterocycles. The van der Waals surface area contributed by atoms with Gasteiger partial charge in [0.15, 0.2) is 0 Å². The van der Waals surface area contributed by atoms with Crippen molar-refractivity contribution in [3.63, 3.8) is 0 Å². The Morgan fingerprint density at radius 2 is 2.06 bits per heavy atom. The van der Waals surface area contributed by atoms with E-state index in [1.807, 2.05) is 31.2 Å². The zero-order valence-corrected chi connectivity index (χ0v) is 9.86. The molecule has 0 fully saturated rings. The van der Waals surface area contributed by atoms with Crippen LogP contribution in [0.1, 0.15) is 23.0 Å². The van der Waals surface area contributed by atoms with Crippen LogP contribution in [0.3, 0.4) is 0 Å². The fraction of sp³-hybridized carbons (Fsp3) is 0.231. The molecule has 1 N–H and O–H groups in total. The van der Waals surface area contributed by atoms with Crippen LogP contribution in [0.25, 0.3) is 11.4 Å². The first kappa shape index (κ1) is 11.4. The number of hydrogen-bond acceptors (Lipinski definition) is 3. The fourth-order valence-corrected chi connectivity index (χ4v) is 1.49. The molecule has 0 amide bonds. The molecule has 0 saturated heterocycles. The van der Waals surface area contributed by atoms with Crippen LogP contribution >= 0.6 is 0 Å². The molecule has 0 aliphatic rings. The van der Waals surface area contributed by atoms with E-state index >= 15 is 0 Å². The highest BCUT2D eigenvalue weighted by Crippen LogP contribution is 2.16. The van der Waals surface area contributed by atoms with E-state index in [1.165, 1.54) is 11.8 Å². The Labute approximate surface area is 99.7 Å². The number of imidazole rings is 1. The molecule has 88 valence electrons. The van der Waals surface area contributed by atoms with Gasteiger partial charge in [-0.2, -0.15) is 0 Å². The lowest BCUT2D eigenvalue weighted by Crippen LogP contribution is -2.04. The zero-order chi connectivity index (χ0) is 12.3. The lowest BCUT2D eigenvalue weighted by Gasteiger charge is -1.98. The molecule has 0 saturated carbocycles. The molecule has 1 aromatic carbocycles. The second kappa shape index (κ2) is 4.82. The van der Waals surface area contributed by atoms with E-state index in [2.05, 4.69) is 9.97 Å². The zero-order valence-electron chi connectivity index (χ0n) is 9.86. The highest BCUT2D eigenvalue weighted by molar-refractivity contribution is 5.87. The van der Waals surface area contributed by atoms with Crippen LogP contribution in [-0.2, 0) is 4.74 Å². The van der Waals surface area contributed by atoms with Crippen LogP contribution in [0.15, 0.2) is 30.5 Å². The fourth-order valence-electron chi connectivity index (χ4n) is 1.49. The number of rotatable bonds is 3. The molecular weight excluding hydrogens is 216 g/mol. The summed E-state index contributed by atoms with van der Waals surface area (Å²) in [5.41, 5.74) is 2.51. The number of carbonyl (C=O) groups is 1. The molecule has 0 radical (unpaired) electrons. The van der Waals surface area contributed by atoms with Crippen LogP contribution in [0.2, 0.25) is 0 Å². The molecule has 0 spiro atoms. The Hall–Kier alpha value is -2.10. The summed E-state index contributed by atoms with van der Waals surface area (Å²) in [7, 11) is 0. The van der Waals surface area contributed by atoms with E-state index in [9.17, 15) is 4.79 Å². The number of H-pyrrole nitrogens is 1. The lowest BCUT2D eigenvalue weighted by molar-refractivity contribution is 0.0520. The van der Waals surface area contributed by atoms with Gasteiger partial charge in [0, 0.05) is 5.56 Å². The van der Waals surface area contributed by atoms with Gasteiger partial charge in [0.05, 0.1) is 12.8 Å². The number of aromatic amines is 1. The third-order valence-corrected chi connectivity index (χ3v) is 2.40. The van der Waals surface area contributed by atoms with Gasteiger partial charge in [-0.25, -0.2) is 9.78 Å². The summed E-state index contributed by atoms with van der Waals surface area (Å²) in [6.07, 6.45) is 1.49. The Kier molecular flexibility index (Phi) is 3.23. The first-order chi connectivity index (χ1) is 8.20. The maximum absolute atomic E-state index is 11.4. The normalized spacial score (nSPS) is 10.2. The quantitative estimate of drug-likeness (QED) is 0.824.